The summed E-state index contributed by atoms with van der Waals surface area (Å²) in [5, 5.41) is 12.8. The van der Waals surface area contributed by atoms with Crippen LogP contribution in [0, 0.1) is 0 Å². The van der Waals surface area contributed by atoms with E-state index in [0.717, 1.165) is 28.7 Å². The number of carbonyl (C=O) groups is 1. The standard InChI is InChI=1S/C26H26N4O3S/c1-3-33-23-15-11-20(12-16-23)27-17-25-28-29-26(30(25)21-7-5-4-6-8-21)34-18-24(31)19-9-13-22(32-2)14-10-19/h4-16,27H,3,17-18H2,1-2H3. The number of aromatic nitrogens is 3. The maximum Gasteiger partial charge on any atom is 0.196 e. The number of benzene rings is 3. The predicted octanol–water partition coefficient (Wildman–Crippen LogP) is 5.26. The molecule has 0 fully saturated rings. The molecule has 1 heterocycles. The summed E-state index contributed by atoms with van der Waals surface area (Å²) in [6, 6.07) is 24.8. The van der Waals surface area contributed by atoms with E-state index in [1.54, 1.807) is 31.4 Å². The van der Waals surface area contributed by atoms with Gasteiger partial charge in [0.05, 0.1) is 26.0 Å². The van der Waals surface area contributed by atoms with Gasteiger partial charge >= 0.3 is 0 Å². The summed E-state index contributed by atoms with van der Waals surface area (Å²) < 4.78 is 12.6. The van der Waals surface area contributed by atoms with Crippen LogP contribution in [-0.4, -0.2) is 40.0 Å². The first-order valence-corrected chi connectivity index (χ1v) is 11.9. The highest BCUT2D eigenvalue weighted by molar-refractivity contribution is 7.99. The lowest BCUT2D eigenvalue weighted by Gasteiger charge is -2.12. The van der Waals surface area contributed by atoms with Crippen molar-refractivity contribution in [2.75, 3.05) is 24.8 Å². The van der Waals surface area contributed by atoms with Gasteiger partial charge in [-0.1, -0.05) is 30.0 Å². The molecule has 0 radical (unpaired) electrons. The number of thioether (sulfide) groups is 1. The van der Waals surface area contributed by atoms with Crippen molar-refractivity contribution in [1.82, 2.24) is 14.8 Å². The maximum absolute atomic E-state index is 12.7. The fourth-order valence-electron chi connectivity index (χ4n) is 3.35. The topological polar surface area (TPSA) is 78.3 Å². The Morgan fingerprint density at radius 2 is 1.65 bits per heavy atom. The number of ether oxygens (including phenoxy) is 2. The number of hydrogen-bond donors (Lipinski definition) is 1. The van der Waals surface area contributed by atoms with E-state index in [1.165, 1.54) is 11.8 Å². The molecule has 174 valence electrons. The second-order valence-electron chi connectivity index (χ2n) is 7.32. The largest absolute Gasteiger partial charge is 0.497 e. The van der Waals surface area contributed by atoms with Gasteiger partial charge in [0, 0.05) is 16.9 Å². The van der Waals surface area contributed by atoms with Gasteiger partial charge in [-0.25, -0.2) is 0 Å². The third kappa shape index (κ3) is 5.77. The Morgan fingerprint density at radius 3 is 2.32 bits per heavy atom. The Morgan fingerprint density at radius 1 is 0.941 bits per heavy atom. The summed E-state index contributed by atoms with van der Waals surface area (Å²) in [6.07, 6.45) is 0. The van der Waals surface area contributed by atoms with Crippen molar-refractivity contribution in [2.24, 2.45) is 0 Å². The van der Waals surface area contributed by atoms with Crippen molar-refractivity contribution in [2.45, 2.75) is 18.6 Å². The molecule has 4 aromatic rings. The number of methoxy groups -OCH3 is 1. The Bertz CT molecular complexity index is 1210. The van der Waals surface area contributed by atoms with Gasteiger partial charge < -0.3 is 14.8 Å². The van der Waals surface area contributed by atoms with E-state index in [2.05, 4.69) is 15.5 Å². The van der Waals surface area contributed by atoms with Crippen molar-refractivity contribution in [3.8, 4) is 17.2 Å². The first-order chi connectivity index (χ1) is 16.7. The molecule has 0 aliphatic rings. The SMILES string of the molecule is CCOc1ccc(NCc2nnc(SCC(=O)c3ccc(OC)cc3)n2-c2ccccc2)cc1. The molecular formula is C26H26N4O3S. The number of ketones is 1. The highest BCUT2D eigenvalue weighted by Gasteiger charge is 2.16. The lowest BCUT2D eigenvalue weighted by atomic mass is 10.1. The molecule has 1 aromatic heterocycles. The number of rotatable bonds is 11. The summed E-state index contributed by atoms with van der Waals surface area (Å²) in [5.41, 5.74) is 2.53. The van der Waals surface area contributed by atoms with Crippen LogP contribution in [0.25, 0.3) is 5.69 Å². The second-order valence-corrected chi connectivity index (χ2v) is 8.26. The van der Waals surface area contributed by atoms with Gasteiger partial charge in [-0.3, -0.25) is 9.36 Å². The zero-order chi connectivity index (χ0) is 23.8. The first-order valence-electron chi connectivity index (χ1n) is 10.9. The van der Waals surface area contributed by atoms with Crippen LogP contribution in [0.4, 0.5) is 5.69 Å². The average Bonchev–Trinajstić information content (AvgIpc) is 3.30. The third-order valence-electron chi connectivity index (χ3n) is 5.08. The van der Waals surface area contributed by atoms with Crippen LogP contribution < -0.4 is 14.8 Å². The van der Waals surface area contributed by atoms with Crippen LogP contribution in [0.3, 0.4) is 0 Å². The van der Waals surface area contributed by atoms with Gasteiger partial charge in [0.2, 0.25) is 0 Å². The minimum atomic E-state index is 0.0179. The van der Waals surface area contributed by atoms with Gasteiger partial charge in [-0.15, -0.1) is 10.2 Å². The summed E-state index contributed by atoms with van der Waals surface area (Å²) in [4.78, 5) is 12.7. The molecule has 0 bridgehead atoms. The van der Waals surface area contributed by atoms with Crippen LogP contribution in [0.5, 0.6) is 11.5 Å². The van der Waals surface area contributed by atoms with Gasteiger partial charge in [0.25, 0.3) is 0 Å². The molecule has 4 rings (SSSR count). The zero-order valence-corrected chi connectivity index (χ0v) is 19.9. The molecule has 0 saturated carbocycles. The van der Waals surface area contributed by atoms with Crippen molar-refractivity contribution < 1.29 is 14.3 Å². The molecule has 0 saturated heterocycles. The monoisotopic (exact) mass is 474 g/mol. The highest BCUT2D eigenvalue weighted by atomic mass is 32.2. The van der Waals surface area contributed by atoms with E-state index in [9.17, 15) is 4.79 Å². The van der Waals surface area contributed by atoms with E-state index >= 15 is 0 Å². The lowest BCUT2D eigenvalue weighted by molar-refractivity contribution is 0.102. The van der Waals surface area contributed by atoms with Crippen molar-refractivity contribution in [3.63, 3.8) is 0 Å². The number of nitrogens with one attached hydrogen (secondary N) is 1. The number of hydrogen-bond acceptors (Lipinski definition) is 7. The Kier molecular flexibility index (Phi) is 7.83. The van der Waals surface area contributed by atoms with E-state index in [0.29, 0.717) is 23.9 Å². The highest BCUT2D eigenvalue weighted by Crippen LogP contribution is 2.24. The summed E-state index contributed by atoms with van der Waals surface area (Å²) in [7, 11) is 1.60. The minimum Gasteiger partial charge on any atom is -0.497 e. The van der Waals surface area contributed by atoms with Gasteiger partial charge in [0.1, 0.15) is 11.5 Å². The number of anilines is 1. The van der Waals surface area contributed by atoms with Crippen molar-refractivity contribution >= 4 is 23.2 Å². The molecule has 0 amide bonds. The van der Waals surface area contributed by atoms with E-state index in [4.69, 9.17) is 9.47 Å². The molecule has 34 heavy (non-hydrogen) atoms. The third-order valence-corrected chi connectivity index (χ3v) is 6.00. The Labute approximate surface area is 203 Å². The molecule has 8 heteroatoms. The molecule has 3 aromatic carbocycles. The normalized spacial score (nSPS) is 10.6. The van der Waals surface area contributed by atoms with E-state index in [1.807, 2.05) is 66.1 Å². The minimum absolute atomic E-state index is 0.0179. The molecule has 0 spiro atoms. The van der Waals surface area contributed by atoms with Crippen molar-refractivity contribution in [1.29, 1.82) is 0 Å². The predicted molar refractivity (Wildman–Crippen MR) is 134 cm³/mol. The van der Waals surface area contributed by atoms with Crippen LogP contribution in [0.15, 0.2) is 84.0 Å². The first kappa shape index (κ1) is 23.4. The van der Waals surface area contributed by atoms with Gasteiger partial charge in [0.15, 0.2) is 16.8 Å². The molecule has 0 aliphatic carbocycles. The number of para-hydroxylation sites is 1. The Hall–Kier alpha value is -3.78. The van der Waals surface area contributed by atoms with Crippen LogP contribution in [-0.2, 0) is 6.54 Å². The lowest BCUT2D eigenvalue weighted by Crippen LogP contribution is -2.09. The molecule has 1 N–H and O–H groups in total. The van der Waals surface area contributed by atoms with Crippen molar-refractivity contribution in [3.05, 3.63) is 90.3 Å². The summed E-state index contributed by atoms with van der Waals surface area (Å²) >= 11 is 1.37. The molecular weight excluding hydrogens is 448 g/mol. The average molecular weight is 475 g/mol. The smallest absolute Gasteiger partial charge is 0.196 e. The van der Waals surface area contributed by atoms with E-state index in [-0.39, 0.29) is 11.5 Å². The fraction of sp³-hybridized carbons (Fsp3) is 0.192. The molecule has 0 aliphatic heterocycles. The molecule has 0 unspecified atom stereocenters. The zero-order valence-electron chi connectivity index (χ0n) is 19.1. The number of nitrogens with zero attached hydrogens (tertiary/aromatic N) is 3. The van der Waals surface area contributed by atoms with Crippen LogP contribution in [0.2, 0.25) is 0 Å². The number of Topliss-reactive ketones (excluding diaryl/α,β-unsaturated/α-hetero) is 1. The second kappa shape index (κ2) is 11.4. The number of carbonyl (C=O) groups excluding carboxylic acids is 1. The van der Waals surface area contributed by atoms with Crippen LogP contribution >= 0.6 is 11.8 Å². The molecule has 7 nitrogen and oxygen atoms in total. The summed E-state index contributed by atoms with van der Waals surface area (Å²) in [6.45, 7) is 3.07. The van der Waals surface area contributed by atoms with Gasteiger partial charge in [-0.05, 0) is 67.6 Å². The Balaban J connectivity index is 1.49. The molecule has 0 atom stereocenters. The summed E-state index contributed by atoms with van der Waals surface area (Å²) in [5.74, 6) is 2.58. The van der Waals surface area contributed by atoms with Gasteiger partial charge in [-0.2, -0.15) is 0 Å². The van der Waals surface area contributed by atoms with E-state index < -0.39 is 0 Å². The maximum atomic E-state index is 12.7. The quantitative estimate of drug-likeness (QED) is 0.235. The van der Waals surface area contributed by atoms with Crippen LogP contribution in [0.1, 0.15) is 23.1 Å². The fourth-order valence-corrected chi connectivity index (χ4v) is 4.22.